The van der Waals surface area contributed by atoms with Crippen LogP contribution < -0.4 is 10.0 Å². The van der Waals surface area contributed by atoms with Crippen molar-refractivity contribution in [3.63, 3.8) is 0 Å². The molecule has 32 heavy (non-hydrogen) atoms. The summed E-state index contributed by atoms with van der Waals surface area (Å²) in [4.78, 5) is 12.6. The van der Waals surface area contributed by atoms with Crippen molar-refractivity contribution in [2.24, 2.45) is 13.0 Å². The van der Waals surface area contributed by atoms with Gasteiger partial charge in [-0.3, -0.25) is 4.68 Å². The van der Waals surface area contributed by atoms with Crippen molar-refractivity contribution >= 4 is 26.9 Å². The van der Waals surface area contributed by atoms with Crippen molar-refractivity contribution in [2.45, 2.75) is 31.2 Å². The van der Waals surface area contributed by atoms with Gasteiger partial charge in [0.05, 0.1) is 28.2 Å². The Labute approximate surface area is 186 Å². The lowest BCUT2D eigenvalue weighted by Gasteiger charge is -2.26. The van der Waals surface area contributed by atoms with Gasteiger partial charge in [-0.25, -0.2) is 23.1 Å². The summed E-state index contributed by atoms with van der Waals surface area (Å²) in [5, 5.41) is 8.63. The molecule has 0 bridgehead atoms. The number of benzene rings is 1. The maximum atomic E-state index is 12.5. The molecule has 0 spiro atoms. The van der Waals surface area contributed by atoms with Crippen LogP contribution in [0.1, 0.15) is 31.0 Å². The van der Waals surface area contributed by atoms with E-state index < -0.39 is 10.0 Å². The molecule has 4 heterocycles. The van der Waals surface area contributed by atoms with Crippen molar-refractivity contribution in [3.8, 4) is 11.3 Å². The molecular weight excluding hydrogens is 426 g/mol. The van der Waals surface area contributed by atoms with Crippen LogP contribution in [-0.4, -0.2) is 39.7 Å². The van der Waals surface area contributed by atoms with Crippen LogP contribution in [0.25, 0.3) is 22.3 Å². The normalized spacial score (nSPS) is 16.2. The average molecular weight is 452 g/mol. The third-order valence-electron chi connectivity index (χ3n) is 5.83. The third-order valence-corrected chi connectivity index (χ3v) is 7.37. The van der Waals surface area contributed by atoms with Gasteiger partial charge in [0.15, 0.2) is 0 Å². The molecule has 1 aliphatic rings. The summed E-state index contributed by atoms with van der Waals surface area (Å²) in [7, 11) is -1.60. The monoisotopic (exact) mass is 451 g/mol. The number of anilines is 1. The maximum Gasteiger partial charge on any atom is 0.240 e. The minimum atomic E-state index is -3.47. The molecule has 5 rings (SSSR count). The zero-order chi connectivity index (χ0) is 22.5. The summed E-state index contributed by atoms with van der Waals surface area (Å²) in [5.74, 6) is 0.882. The number of aryl methyl sites for hydroxylation is 1. The Bertz CT molecular complexity index is 1400. The lowest BCUT2D eigenvalue weighted by atomic mass is 9.94. The number of hydrogen-bond acceptors (Lipinski definition) is 6. The average Bonchev–Trinajstić information content (AvgIpc) is 3.38. The van der Waals surface area contributed by atoms with Crippen LogP contribution in [0.2, 0.25) is 0 Å². The quantitative estimate of drug-likeness (QED) is 0.429. The Balaban J connectivity index is 1.53. The van der Waals surface area contributed by atoms with Crippen LogP contribution in [0, 0.1) is 5.92 Å². The zero-order valence-electron chi connectivity index (χ0n) is 18.1. The van der Waals surface area contributed by atoms with Gasteiger partial charge in [-0.15, -0.1) is 0 Å². The second-order valence-electron chi connectivity index (χ2n) is 8.45. The number of rotatable bonds is 5. The molecule has 166 valence electrons. The fraction of sp³-hybridized carbons (Fsp3) is 0.318. The van der Waals surface area contributed by atoms with Crippen LogP contribution >= 0.6 is 0 Å². The molecule has 0 radical (unpaired) electrons. The van der Waals surface area contributed by atoms with Gasteiger partial charge >= 0.3 is 0 Å². The molecule has 10 heteroatoms. The smallest absolute Gasteiger partial charge is 0.240 e. The molecule has 9 nitrogen and oxygen atoms in total. The highest BCUT2D eigenvalue weighted by molar-refractivity contribution is 7.89. The Kier molecular flexibility index (Phi) is 4.98. The van der Waals surface area contributed by atoms with Crippen molar-refractivity contribution in [1.82, 2.24) is 29.5 Å². The number of aromatic nitrogens is 5. The molecule has 0 amide bonds. The minimum Gasteiger partial charge on any atom is -0.362 e. The lowest BCUT2D eigenvalue weighted by Crippen LogP contribution is -2.32. The number of nitrogens with one attached hydrogen (secondary N) is 3. The number of sulfonamides is 1. The standard InChI is InChI=1S/C22H25N7O2S/c1-13(2)20(15-5-4-14-6-7-26-32(30,31)19(14)8-15)28-22-17-9-18(16-10-25-29(3)11-16)27-21(17)23-12-24-22/h4-5,8-13,20,26H,6-7H2,1-3H3,(H2,23,24,27,28)/t20-/m1/s1. The summed E-state index contributed by atoms with van der Waals surface area (Å²) in [6.07, 6.45) is 5.95. The summed E-state index contributed by atoms with van der Waals surface area (Å²) in [6, 6.07) is 7.59. The molecule has 4 aromatic rings. The predicted molar refractivity (Wildman–Crippen MR) is 123 cm³/mol. The molecule has 0 saturated carbocycles. The van der Waals surface area contributed by atoms with Crippen molar-refractivity contribution in [1.29, 1.82) is 0 Å². The molecule has 1 aromatic carbocycles. The SMILES string of the molecule is CC(C)[C@@H](Nc1ncnc2[nH]c(-c3cnn(C)c3)cc12)c1ccc2c(c1)S(=O)(=O)NCC2. The largest absolute Gasteiger partial charge is 0.362 e. The maximum absolute atomic E-state index is 12.5. The van der Waals surface area contributed by atoms with E-state index in [9.17, 15) is 8.42 Å². The van der Waals surface area contributed by atoms with E-state index in [0.717, 1.165) is 33.4 Å². The van der Waals surface area contributed by atoms with E-state index in [1.54, 1.807) is 16.9 Å². The van der Waals surface area contributed by atoms with Gasteiger partial charge in [0, 0.05) is 25.4 Å². The van der Waals surface area contributed by atoms with E-state index in [-0.39, 0.29) is 12.0 Å². The summed E-state index contributed by atoms with van der Waals surface area (Å²) >= 11 is 0. The molecule has 0 unspecified atom stereocenters. The van der Waals surface area contributed by atoms with E-state index in [0.29, 0.717) is 23.7 Å². The summed E-state index contributed by atoms with van der Waals surface area (Å²) in [6.45, 7) is 4.63. The van der Waals surface area contributed by atoms with E-state index in [1.807, 2.05) is 31.4 Å². The van der Waals surface area contributed by atoms with Gasteiger partial charge in [-0.1, -0.05) is 26.0 Å². The number of nitrogens with zero attached hydrogens (tertiary/aromatic N) is 4. The molecule has 1 atom stereocenters. The molecular formula is C22H25N7O2S. The first-order valence-corrected chi connectivity index (χ1v) is 12.0. The molecule has 0 fully saturated rings. The van der Waals surface area contributed by atoms with Crippen molar-refractivity contribution < 1.29 is 8.42 Å². The van der Waals surface area contributed by atoms with Gasteiger partial charge in [0.2, 0.25) is 10.0 Å². The molecule has 0 aliphatic carbocycles. The van der Waals surface area contributed by atoms with E-state index in [2.05, 4.69) is 43.9 Å². The summed E-state index contributed by atoms with van der Waals surface area (Å²) < 4.78 is 29.4. The Morgan fingerprint density at radius 2 is 2.03 bits per heavy atom. The van der Waals surface area contributed by atoms with Crippen LogP contribution in [0.3, 0.4) is 0 Å². The van der Waals surface area contributed by atoms with Gasteiger partial charge in [-0.05, 0) is 35.6 Å². The first-order valence-electron chi connectivity index (χ1n) is 10.5. The van der Waals surface area contributed by atoms with Crippen LogP contribution in [-0.2, 0) is 23.5 Å². The van der Waals surface area contributed by atoms with Crippen LogP contribution in [0.5, 0.6) is 0 Å². The second-order valence-corrected chi connectivity index (χ2v) is 10.2. The highest BCUT2D eigenvalue weighted by Gasteiger charge is 2.26. The fourth-order valence-corrected chi connectivity index (χ4v) is 5.50. The van der Waals surface area contributed by atoms with Gasteiger partial charge in [0.25, 0.3) is 0 Å². The topological polar surface area (TPSA) is 118 Å². The lowest BCUT2D eigenvalue weighted by molar-refractivity contribution is 0.541. The first kappa shape index (κ1) is 20.7. The molecule has 1 aliphatic heterocycles. The van der Waals surface area contributed by atoms with Crippen LogP contribution in [0.4, 0.5) is 5.82 Å². The fourth-order valence-electron chi connectivity index (χ4n) is 4.17. The summed E-state index contributed by atoms with van der Waals surface area (Å²) in [5.41, 5.74) is 4.35. The van der Waals surface area contributed by atoms with Crippen molar-refractivity contribution in [2.75, 3.05) is 11.9 Å². The van der Waals surface area contributed by atoms with Gasteiger partial charge in [-0.2, -0.15) is 5.10 Å². The number of fused-ring (bicyclic) bond motifs is 2. The number of aromatic amines is 1. The molecule has 3 N–H and O–H groups in total. The van der Waals surface area contributed by atoms with E-state index >= 15 is 0 Å². The Morgan fingerprint density at radius 1 is 1.19 bits per heavy atom. The first-order chi connectivity index (χ1) is 15.3. The molecule has 0 saturated heterocycles. The second kappa shape index (κ2) is 7.72. The van der Waals surface area contributed by atoms with Gasteiger partial charge in [0.1, 0.15) is 17.8 Å². The highest BCUT2D eigenvalue weighted by Crippen LogP contribution is 2.33. The zero-order valence-corrected chi connectivity index (χ0v) is 18.9. The highest BCUT2D eigenvalue weighted by atomic mass is 32.2. The number of H-pyrrole nitrogens is 1. The Morgan fingerprint density at radius 3 is 2.78 bits per heavy atom. The Hall–Kier alpha value is -3.24. The van der Waals surface area contributed by atoms with E-state index in [4.69, 9.17) is 0 Å². The number of hydrogen-bond donors (Lipinski definition) is 3. The van der Waals surface area contributed by atoms with Crippen LogP contribution in [0.15, 0.2) is 47.9 Å². The molecule has 3 aromatic heterocycles. The van der Waals surface area contributed by atoms with Crippen molar-refractivity contribution in [3.05, 3.63) is 54.1 Å². The third kappa shape index (κ3) is 3.65. The minimum absolute atomic E-state index is 0.132. The predicted octanol–water partition coefficient (Wildman–Crippen LogP) is 3.00. The van der Waals surface area contributed by atoms with Gasteiger partial charge < -0.3 is 10.3 Å². The van der Waals surface area contributed by atoms with E-state index in [1.165, 1.54) is 6.33 Å².